The Morgan fingerprint density at radius 3 is 2.83 bits per heavy atom. The molecule has 1 saturated carbocycles. The molecule has 1 aromatic rings. The first kappa shape index (κ1) is 11.5. The van der Waals surface area contributed by atoms with Crippen molar-refractivity contribution in [1.29, 1.82) is 0 Å². The highest BCUT2D eigenvalue weighted by Gasteiger charge is 2.53. The number of fused-ring (bicyclic) bond motifs is 3. The van der Waals surface area contributed by atoms with Gasteiger partial charge in [0.05, 0.1) is 5.41 Å². The van der Waals surface area contributed by atoms with Gasteiger partial charge in [-0.1, -0.05) is 37.1 Å². The van der Waals surface area contributed by atoms with Gasteiger partial charge in [-0.2, -0.15) is 0 Å². The third-order valence-corrected chi connectivity index (χ3v) is 4.59. The SMILES string of the molecule is O=C1C[C@@H]2CCCC[C@]2(C(=O)O)c2ccccc21. The third-order valence-electron chi connectivity index (χ3n) is 4.59. The van der Waals surface area contributed by atoms with Gasteiger partial charge < -0.3 is 5.11 Å². The van der Waals surface area contributed by atoms with Gasteiger partial charge in [-0.15, -0.1) is 0 Å². The maximum absolute atomic E-state index is 12.1. The summed E-state index contributed by atoms with van der Waals surface area (Å²) in [6.07, 6.45) is 3.88. The second-order valence-electron chi connectivity index (χ2n) is 5.39. The molecule has 3 nitrogen and oxygen atoms in total. The highest BCUT2D eigenvalue weighted by Crippen LogP contribution is 2.50. The van der Waals surface area contributed by atoms with E-state index in [2.05, 4.69) is 0 Å². The van der Waals surface area contributed by atoms with Crippen molar-refractivity contribution < 1.29 is 14.7 Å². The summed E-state index contributed by atoms with van der Waals surface area (Å²) in [5.41, 5.74) is 0.555. The fraction of sp³-hybridized carbons (Fsp3) is 0.467. The number of benzene rings is 1. The molecular weight excluding hydrogens is 228 g/mol. The average Bonchev–Trinajstić information content (AvgIpc) is 2.39. The van der Waals surface area contributed by atoms with E-state index in [0.717, 1.165) is 24.8 Å². The lowest BCUT2D eigenvalue weighted by molar-refractivity contribution is -0.148. The second-order valence-corrected chi connectivity index (χ2v) is 5.39. The topological polar surface area (TPSA) is 54.4 Å². The summed E-state index contributed by atoms with van der Waals surface area (Å²) in [6.45, 7) is 0. The number of aliphatic carboxylic acids is 1. The Bertz CT molecular complexity index is 520. The van der Waals surface area contributed by atoms with Crippen molar-refractivity contribution in [2.75, 3.05) is 0 Å². The van der Waals surface area contributed by atoms with E-state index in [4.69, 9.17) is 0 Å². The number of carbonyl (C=O) groups is 2. The van der Waals surface area contributed by atoms with Crippen LogP contribution in [0.5, 0.6) is 0 Å². The normalized spacial score (nSPS) is 30.4. The number of hydrogen-bond donors (Lipinski definition) is 1. The maximum atomic E-state index is 12.1. The summed E-state index contributed by atoms with van der Waals surface area (Å²) in [4.78, 5) is 24.0. The van der Waals surface area contributed by atoms with Gasteiger partial charge in [0, 0.05) is 12.0 Å². The summed E-state index contributed by atoms with van der Waals surface area (Å²) in [6, 6.07) is 7.26. The van der Waals surface area contributed by atoms with E-state index in [1.807, 2.05) is 18.2 Å². The smallest absolute Gasteiger partial charge is 0.314 e. The fourth-order valence-corrected chi connectivity index (χ4v) is 3.72. The van der Waals surface area contributed by atoms with E-state index in [9.17, 15) is 14.7 Å². The van der Waals surface area contributed by atoms with Crippen molar-refractivity contribution in [2.24, 2.45) is 5.92 Å². The van der Waals surface area contributed by atoms with Gasteiger partial charge in [-0.05, 0) is 24.3 Å². The molecule has 0 aromatic heterocycles. The van der Waals surface area contributed by atoms with Crippen LogP contribution in [0.4, 0.5) is 0 Å². The molecular formula is C15H16O3. The summed E-state index contributed by atoms with van der Waals surface area (Å²) < 4.78 is 0. The first-order valence-electron chi connectivity index (χ1n) is 6.52. The molecule has 2 aliphatic carbocycles. The second kappa shape index (κ2) is 3.94. The minimum Gasteiger partial charge on any atom is -0.481 e. The van der Waals surface area contributed by atoms with Crippen LogP contribution >= 0.6 is 0 Å². The minimum absolute atomic E-state index is 0.0221. The van der Waals surface area contributed by atoms with Crippen molar-refractivity contribution in [3.05, 3.63) is 35.4 Å². The predicted octanol–water partition coefficient (Wildman–Crippen LogP) is 2.79. The quantitative estimate of drug-likeness (QED) is 0.826. The Morgan fingerprint density at radius 1 is 1.28 bits per heavy atom. The Morgan fingerprint density at radius 2 is 2.06 bits per heavy atom. The molecule has 0 heterocycles. The molecule has 3 rings (SSSR count). The molecule has 1 fully saturated rings. The van der Waals surface area contributed by atoms with E-state index >= 15 is 0 Å². The molecule has 1 aromatic carbocycles. The Balaban J connectivity index is 2.24. The number of Topliss-reactive ketones (excluding diaryl/α,β-unsaturated/α-hetero) is 1. The zero-order chi connectivity index (χ0) is 12.8. The average molecular weight is 244 g/mol. The van der Waals surface area contributed by atoms with Crippen molar-refractivity contribution in [3.63, 3.8) is 0 Å². The van der Waals surface area contributed by atoms with Crippen molar-refractivity contribution in [1.82, 2.24) is 0 Å². The van der Waals surface area contributed by atoms with Crippen LogP contribution in [-0.4, -0.2) is 16.9 Å². The molecule has 3 heteroatoms. The Hall–Kier alpha value is -1.64. The molecule has 1 N–H and O–H groups in total. The Kier molecular flexibility index (Phi) is 2.51. The van der Waals surface area contributed by atoms with Crippen molar-refractivity contribution >= 4 is 11.8 Å². The number of carbonyl (C=O) groups excluding carboxylic acids is 1. The lowest BCUT2D eigenvalue weighted by Gasteiger charge is -2.44. The first-order valence-corrected chi connectivity index (χ1v) is 6.52. The number of hydrogen-bond acceptors (Lipinski definition) is 2. The highest BCUT2D eigenvalue weighted by molar-refractivity contribution is 6.02. The highest BCUT2D eigenvalue weighted by atomic mass is 16.4. The summed E-state index contributed by atoms with van der Waals surface area (Å²) in [5.74, 6) is -0.673. The number of ketones is 1. The predicted molar refractivity (Wildman–Crippen MR) is 66.7 cm³/mol. The van der Waals surface area contributed by atoms with Gasteiger partial charge in [0.25, 0.3) is 0 Å². The standard InChI is InChI=1S/C15H16O3/c16-13-9-10-5-3-4-8-15(10,14(17)18)12-7-2-1-6-11(12)13/h1-2,6-7,10H,3-5,8-9H2,(H,17,18)/t10-,15+/m0/s1. The van der Waals surface area contributed by atoms with Crippen LogP contribution in [0.2, 0.25) is 0 Å². The molecule has 18 heavy (non-hydrogen) atoms. The lowest BCUT2D eigenvalue weighted by Crippen LogP contribution is -2.49. The molecule has 0 unspecified atom stereocenters. The van der Waals surface area contributed by atoms with Gasteiger partial charge in [-0.25, -0.2) is 0 Å². The van der Waals surface area contributed by atoms with Gasteiger partial charge in [0.2, 0.25) is 0 Å². The lowest BCUT2D eigenvalue weighted by atomic mass is 9.57. The number of rotatable bonds is 1. The minimum atomic E-state index is -0.817. The summed E-state index contributed by atoms with van der Waals surface area (Å²) >= 11 is 0. The summed E-state index contributed by atoms with van der Waals surface area (Å²) in [7, 11) is 0. The molecule has 0 radical (unpaired) electrons. The molecule has 0 bridgehead atoms. The van der Waals surface area contributed by atoms with Crippen LogP contribution < -0.4 is 0 Å². The third kappa shape index (κ3) is 1.36. The molecule has 0 amide bonds. The molecule has 2 atom stereocenters. The van der Waals surface area contributed by atoms with E-state index < -0.39 is 11.4 Å². The van der Waals surface area contributed by atoms with Crippen LogP contribution in [0.15, 0.2) is 24.3 Å². The van der Waals surface area contributed by atoms with Crippen LogP contribution in [0.25, 0.3) is 0 Å². The van der Waals surface area contributed by atoms with Gasteiger partial charge in [-0.3, -0.25) is 9.59 Å². The molecule has 0 spiro atoms. The van der Waals surface area contributed by atoms with Crippen LogP contribution in [0, 0.1) is 5.92 Å². The first-order chi connectivity index (χ1) is 8.66. The van der Waals surface area contributed by atoms with E-state index in [1.165, 1.54) is 0 Å². The van der Waals surface area contributed by atoms with Crippen LogP contribution in [0.1, 0.15) is 48.0 Å². The number of carboxylic acid groups (broad SMARTS) is 1. The summed E-state index contributed by atoms with van der Waals surface area (Å²) in [5, 5.41) is 9.75. The van der Waals surface area contributed by atoms with E-state index in [0.29, 0.717) is 18.4 Å². The molecule has 94 valence electrons. The number of carboxylic acids is 1. The van der Waals surface area contributed by atoms with Crippen molar-refractivity contribution in [2.45, 2.75) is 37.5 Å². The molecule has 2 aliphatic rings. The zero-order valence-electron chi connectivity index (χ0n) is 10.2. The fourth-order valence-electron chi connectivity index (χ4n) is 3.72. The Labute approximate surface area is 106 Å². The zero-order valence-corrected chi connectivity index (χ0v) is 10.2. The van der Waals surface area contributed by atoms with Crippen molar-refractivity contribution in [3.8, 4) is 0 Å². The molecule has 0 saturated heterocycles. The largest absolute Gasteiger partial charge is 0.481 e. The van der Waals surface area contributed by atoms with Crippen LogP contribution in [-0.2, 0) is 10.2 Å². The van der Waals surface area contributed by atoms with E-state index in [-0.39, 0.29) is 11.7 Å². The van der Waals surface area contributed by atoms with E-state index in [1.54, 1.807) is 6.07 Å². The van der Waals surface area contributed by atoms with Gasteiger partial charge in [0.1, 0.15) is 0 Å². The maximum Gasteiger partial charge on any atom is 0.314 e. The monoisotopic (exact) mass is 244 g/mol. The van der Waals surface area contributed by atoms with Gasteiger partial charge >= 0.3 is 5.97 Å². The van der Waals surface area contributed by atoms with Crippen LogP contribution in [0.3, 0.4) is 0 Å². The van der Waals surface area contributed by atoms with Gasteiger partial charge in [0.15, 0.2) is 5.78 Å². The molecule has 0 aliphatic heterocycles.